The van der Waals surface area contributed by atoms with Crippen molar-refractivity contribution in [3.05, 3.63) is 59.4 Å². The number of ketones is 1. The highest BCUT2D eigenvalue weighted by molar-refractivity contribution is 7.89. The van der Waals surface area contributed by atoms with E-state index in [9.17, 15) is 17.6 Å². The van der Waals surface area contributed by atoms with E-state index >= 15 is 0 Å². The molecule has 1 saturated heterocycles. The van der Waals surface area contributed by atoms with Gasteiger partial charge < -0.3 is 4.74 Å². The summed E-state index contributed by atoms with van der Waals surface area (Å²) in [5.74, 6) is -0.262. The zero-order valence-corrected chi connectivity index (χ0v) is 16.1. The van der Waals surface area contributed by atoms with Crippen molar-refractivity contribution in [3.8, 4) is 5.75 Å². The number of sulfonamides is 1. The van der Waals surface area contributed by atoms with E-state index < -0.39 is 21.8 Å². The highest BCUT2D eigenvalue weighted by Gasteiger charge is 2.33. The van der Waals surface area contributed by atoms with Crippen molar-refractivity contribution in [1.82, 2.24) is 4.31 Å². The fourth-order valence-electron chi connectivity index (χ4n) is 3.29. The first-order chi connectivity index (χ1) is 12.8. The Morgan fingerprint density at radius 3 is 2.52 bits per heavy atom. The van der Waals surface area contributed by atoms with E-state index in [1.807, 2.05) is 0 Å². The molecule has 0 spiro atoms. The molecule has 0 amide bonds. The second kappa shape index (κ2) is 7.78. The minimum Gasteiger partial charge on any atom is -0.497 e. The number of hydrogen-bond donors (Lipinski definition) is 0. The van der Waals surface area contributed by atoms with Crippen molar-refractivity contribution < 1.29 is 22.3 Å². The molecular weight excluding hydrogens is 369 g/mol. The van der Waals surface area contributed by atoms with Gasteiger partial charge in [-0.1, -0.05) is 0 Å². The lowest BCUT2D eigenvalue weighted by molar-refractivity contribution is 0.0872. The van der Waals surface area contributed by atoms with Gasteiger partial charge in [-0.2, -0.15) is 4.31 Å². The van der Waals surface area contributed by atoms with E-state index in [-0.39, 0.29) is 22.8 Å². The first-order valence-corrected chi connectivity index (χ1v) is 10.2. The summed E-state index contributed by atoms with van der Waals surface area (Å²) in [4.78, 5) is 12.8. The molecule has 3 rings (SSSR count). The monoisotopic (exact) mass is 391 g/mol. The zero-order chi connectivity index (χ0) is 19.6. The van der Waals surface area contributed by atoms with Gasteiger partial charge in [-0.15, -0.1) is 0 Å². The van der Waals surface area contributed by atoms with Crippen LogP contribution in [0.3, 0.4) is 0 Å². The highest BCUT2D eigenvalue weighted by atomic mass is 32.2. The van der Waals surface area contributed by atoms with Crippen LogP contribution >= 0.6 is 0 Å². The number of carbonyl (C=O) groups excluding carboxylic acids is 1. The third-order valence-electron chi connectivity index (χ3n) is 4.90. The Labute approximate surface area is 158 Å². The Morgan fingerprint density at radius 1 is 1.19 bits per heavy atom. The zero-order valence-electron chi connectivity index (χ0n) is 15.3. The molecule has 27 heavy (non-hydrogen) atoms. The molecule has 0 radical (unpaired) electrons. The van der Waals surface area contributed by atoms with Crippen LogP contribution in [-0.4, -0.2) is 38.7 Å². The van der Waals surface area contributed by atoms with Crippen LogP contribution in [0.15, 0.2) is 47.4 Å². The van der Waals surface area contributed by atoms with Gasteiger partial charge in [0.25, 0.3) is 0 Å². The molecule has 7 heteroatoms. The van der Waals surface area contributed by atoms with E-state index in [1.54, 1.807) is 31.4 Å². The first kappa shape index (κ1) is 19.5. The van der Waals surface area contributed by atoms with Crippen LogP contribution in [0, 0.1) is 18.7 Å². The normalized spacial score (nSPS) is 18.3. The van der Waals surface area contributed by atoms with E-state index in [0.717, 1.165) is 6.07 Å². The minimum atomic E-state index is -3.77. The molecule has 2 aromatic carbocycles. The second-order valence-corrected chi connectivity index (χ2v) is 8.64. The van der Waals surface area contributed by atoms with Crippen molar-refractivity contribution >= 4 is 15.8 Å². The third kappa shape index (κ3) is 4.04. The summed E-state index contributed by atoms with van der Waals surface area (Å²) < 4.78 is 45.7. The quantitative estimate of drug-likeness (QED) is 0.733. The summed E-state index contributed by atoms with van der Waals surface area (Å²) >= 11 is 0. The minimum absolute atomic E-state index is 0.0546. The lowest BCUT2D eigenvalue weighted by Gasteiger charge is -2.31. The average Bonchev–Trinajstić information content (AvgIpc) is 2.69. The Balaban J connectivity index is 1.80. The molecule has 0 aliphatic carbocycles. The number of benzene rings is 2. The maximum Gasteiger partial charge on any atom is 0.243 e. The van der Waals surface area contributed by atoms with Crippen molar-refractivity contribution in [2.24, 2.45) is 5.92 Å². The summed E-state index contributed by atoms with van der Waals surface area (Å²) in [6.07, 6.45) is 1.24. The van der Waals surface area contributed by atoms with Crippen LogP contribution in [0.5, 0.6) is 5.75 Å². The summed E-state index contributed by atoms with van der Waals surface area (Å²) in [5, 5.41) is 0. The van der Waals surface area contributed by atoms with Crippen LogP contribution < -0.4 is 4.74 Å². The molecule has 1 unspecified atom stereocenters. The molecule has 0 bridgehead atoms. The van der Waals surface area contributed by atoms with Crippen LogP contribution in [0.4, 0.5) is 4.39 Å². The number of ether oxygens (including phenoxy) is 1. The number of Topliss-reactive ketones (excluding diaryl/α,β-unsaturated/α-hetero) is 1. The SMILES string of the molecule is COc1ccc(C(=O)C2CCCN(S(=O)(=O)c3ccc(F)c(C)c3)C2)cc1. The van der Waals surface area contributed by atoms with Gasteiger partial charge in [-0.05, 0) is 67.8 Å². The van der Waals surface area contributed by atoms with Gasteiger partial charge in [0.1, 0.15) is 11.6 Å². The van der Waals surface area contributed by atoms with Gasteiger partial charge in [-0.3, -0.25) is 4.79 Å². The van der Waals surface area contributed by atoms with Crippen LogP contribution in [-0.2, 0) is 10.0 Å². The fourth-order valence-corrected chi connectivity index (χ4v) is 4.90. The van der Waals surface area contributed by atoms with E-state index in [0.29, 0.717) is 30.7 Å². The molecule has 5 nitrogen and oxygen atoms in total. The van der Waals surface area contributed by atoms with Gasteiger partial charge in [0.2, 0.25) is 10.0 Å². The number of nitrogens with zero attached hydrogens (tertiary/aromatic N) is 1. The molecule has 1 fully saturated rings. The second-order valence-electron chi connectivity index (χ2n) is 6.71. The van der Waals surface area contributed by atoms with E-state index in [1.165, 1.54) is 23.4 Å². The molecule has 144 valence electrons. The summed E-state index contributed by atoms with van der Waals surface area (Å²) in [7, 11) is -2.21. The molecule has 1 heterocycles. The molecule has 1 atom stereocenters. The lowest BCUT2D eigenvalue weighted by atomic mass is 9.91. The number of methoxy groups -OCH3 is 1. The Bertz CT molecular complexity index is 941. The van der Waals surface area contributed by atoms with Gasteiger partial charge in [-0.25, -0.2) is 12.8 Å². The van der Waals surface area contributed by atoms with Gasteiger partial charge in [0, 0.05) is 24.6 Å². The Hall–Kier alpha value is -2.25. The lowest BCUT2D eigenvalue weighted by Crippen LogP contribution is -2.42. The van der Waals surface area contributed by atoms with Gasteiger partial charge in [0.05, 0.1) is 12.0 Å². The maximum absolute atomic E-state index is 13.5. The highest BCUT2D eigenvalue weighted by Crippen LogP contribution is 2.27. The van der Waals surface area contributed by atoms with Crippen molar-refractivity contribution in [2.75, 3.05) is 20.2 Å². The van der Waals surface area contributed by atoms with Crippen molar-refractivity contribution in [1.29, 1.82) is 0 Å². The topological polar surface area (TPSA) is 63.7 Å². The molecule has 1 aliphatic heterocycles. The number of halogens is 1. The van der Waals surface area contributed by atoms with Gasteiger partial charge in [0.15, 0.2) is 5.78 Å². The van der Waals surface area contributed by atoms with Crippen molar-refractivity contribution in [3.63, 3.8) is 0 Å². The van der Waals surface area contributed by atoms with Crippen LogP contribution in [0.1, 0.15) is 28.8 Å². The summed E-state index contributed by atoms with van der Waals surface area (Å²) in [6, 6.07) is 10.6. The largest absolute Gasteiger partial charge is 0.497 e. The smallest absolute Gasteiger partial charge is 0.243 e. The van der Waals surface area contributed by atoms with Crippen LogP contribution in [0.2, 0.25) is 0 Å². The standard InChI is InChI=1S/C20H22FNO4S/c1-14-12-18(9-10-19(14)21)27(24,25)22-11-3-4-16(13-22)20(23)15-5-7-17(26-2)8-6-15/h5-10,12,16H,3-4,11,13H2,1-2H3. The summed E-state index contributed by atoms with van der Waals surface area (Å²) in [6.45, 7) is 2.01. The molecule has 0 N–H and O–H groups in total. The van der Waals surface area contributed by atoms with Crippen molar-refractivity contribution in [2.45, 2.75) is 24.7 Å². The molecule has 0 saturated carbocycles. The van der Waals surface area contributed by atoms with E-state index in [2.05, 4.69) is 0 Å². The van der Waals surface area contributed by atoms with Crippen LogP contribution in [0.25, 0.3) is 0 Å². The number of hydrogen-bond acceptors (Lipinski definition) is 4. The number of aryl methyl sites for hydroxylation is 1. The molecule has 0 aromatic heterocycles. The predicted octanol–water partition coefficient (Wildman–Crippen LogP) is 3.43. The fraction of sp³-hybridized carbons (Fsp3) is 0.350. The first-order valence-electron chi connectivity index (χ1n) is 8.77. The van der Waals surface area contributed by atoms with Gasteiger partial charge >= 0.3 is 0 Å². The maximum atomic E-state index is 13.5. The third-order valence-corrected chi connectivity index (χ3v) is 6.76. The molecular formula is C20H22FNO4S. The average molecular weight is 391 g/mol. The molecule has 1 aliphatic rings. The molecule has 2 aromatic rings. The number of carbonyl (C=O) groups is 1. The number of piperidine rings is 1. The summed E-state index contributed by atoms with van der Waals surface area (Å²) in [5.41, 5.74) is 0.816. The Kier molecular flexibility index (Phi) is 5.62. The van der Waals surface area contributed by atoms with E-state index in [4.69, 9.17) is 4.74 Å². The predicted molar refractivity (Wildman–Crippen MR) is 99.9 cm³/mol. The Morgan fingerprint density at radius 2 is 1.89 bits per heavy atom. The number of rotatable bonds is 5.